The number of fused-ring (bicyclic) bond motifs is 1. The molecule has 4 rings (SSSR count). The minimum atomic E-state index is -0.0466. The maximum Gasteiger partial charge on any atom is 0.259 e. The lowest BCUT2D eigenvalue weighted by atomic mass is 10.2. The van der Waals surface area contributed by atoms with E-state index in [1.807, 2.05) is 73.9 Å². The summed E-state index contributed by atoms with van der Waals surface area (Å²) in [5, 5.41) is 1.99. The number of rotatable bonds is 7. The second-order valence-corrected chi connectivity index (χ2v) is 7.88. The predicted molar refractivity (Wildman–Crippen MR) is 118 cm³/mol. The molecule has 2 heterocycles. The first-order valence-electron chi connectivity index (χ1n) is 9.54. The largest absolute Gasteiger partial charge is 0.492 e. The molecule has 29 heavy (non-hydrogen) atoms. The lowest BCUT2D eigenvalue weighted by Gasteiger charge is -2.17. The van der Waals surface area contributed by atoms with Crippen LogP contribution in [0.2, 0.25) is 0 Å². The third kappa shape index (κ3) is 4.39. The first-order chi connectivity index (χ1) is 14.1. The Morgan fingerprint density at radius 3 is 2.66 bits per heavy atom. The highest BCUT2D eigenvalue weighted by Crippen LogP contribution is 2.23. The number of ether oxygens (including phenoxy) is 1. The van der Waals surface area contributed by atoms with Crippen molar-refractivity contribution in [2.75, 3.05) is 20.2 Å². The second kappa shape index (κ2) is 8.59. The molecule has 0 saturated carbocycles. The Morgan fingerprint density at radius 1 is 1.10 bits per heavy atom. The number of aryl methyl sites for hydroxylation is 1. The normalized spacial score (nSPS) is 11.3. The summed E-state index contributed by atoms with van der Waals surface area (Å²) in [5.74, 6) is 0.908. The van der Waals surface area contributed by atoms with E-state index in [9.17, 15) is 4.79 Å². The standard InChI is InChI=1S/C23H23N3O2S/c1-17-8-6-7-11-21(17)28-13-12-25(2)15-19-14-22(27)26-20(16-29-23(26)24-19)18-9-4-3-5-10-18/h3-11,14,16H,12-13,15H2,1-2H3. The third-order valence-corrected chi connectivity index (χ3v) is 5.61. The van der Waals surface area contributed by atoms with Crippen molar-refractivity contribution in [2.45, 2.75) is 13.5 Å². The van der Waals surface area contributed by atoms with Gasteiger partial charge in [0.15, 0.2) is 4.96 Å². The zero-order chi connectivity index (χ0) is 20.2. The van der Waals surface area contributed by atoms with Crippen molar-refractivity contribution < 1.29 is 4.74 Å². The molecule has 2 aromatic carbocycles. The van der Waals surface area contributed by atoms with Gasteiger partial charge in [-0.25, -0.2) is 4.98 Å². The fourth-order valence-electron chi connectivity index (χ4n) is 3.24. The molecule has 0 radical (unpaired) electrons. The van der Waals surface area contributed by atoms with E-state index in [1.165, 1.54) is 11.3 Å². The van der Waals surface area contributed by atoms with Gasteiger partial charge in [-0.05, 0) is 31.2 Å². The monoisotopic (exact) mass is 405 g/mol. The predicted octanol–water partition coefficient (Wildman–Crippen LogP) is 4.24. The zero-order valence-corrected chi connectivity index (χ0v) is 17.4. The van der Waals surface area contributed by atoms with Crippen molar-refractivity contribution >= 4 is 16.3 Å². The van der Waals surface area contributed by atoms with Crippen LogP contribution < -0.4 is 10.3 Å². The van der Waals surface area contributed by atoms with Crippen LogP contribution in [0.5, 0.6) is 5.75 Å². The van der Waals surface area contributed by atoms with Crippen LogP contribution in [0.1, 0.15) is 11.3 Å². The summed E-state index contributed by atoms with van der Waals surface area (Å²) in [6.45, 7) is 3.96. The van der Waals surface area contributed by atoms with Gasteiger partial charge in [0.2, 0.25) is 0 Å². The van der Waals surface area contributed by atoms with E-state index in [4.69, 9.17) is 9.72 Å². The van der Waals surface area contributed by atoms with Gasteiger partial charge in [-0.3, -0.25) is 14.1 Å². The Bertz CT molecular complexity index is 1170. The number of para-hydroxylation sites is 1. The molecular weight excluding hydrogens is 382 g/mol. The van der Waals surface area contributed by atoms with Gasteiger partial charge in [-0.1, -0.05) is 48.5 Å². The van der Waals surface area contributed by atoms with Gasteiger partial charge in [-0.15, -0.1) is 11.3 Å². The molecule has 6 heteroatoms. The number of likely N-dealkylation sites (N-methyl/N-ethyl adjacent to an activating group) is 1. The molecule has 0 aliphatic heterocycles. The van der Waals surface area contributed by atoms with Gasteiger partial charge < -0.3 is 4.74 Å². The average Bonchev–Trinajstić information content (AvgIpc) is 3.15. The summed E-state index contributed by atoms with van der Waals surface area (Å²) < 4.78 is 7.55. The molecule has 0 unspecified atom stereocenters. The molecule has 5 nitrogen and oxygen atoms in total. The minimum Gasteiger partial charge on any atom is -0.492 e. The van der Waals surface area contributed by atoms with E-state index in [-0.39, 0.29) is 5.56 Å². The molecule has 0 fully saturated rings. The Labute approximate surface area is 173 Å². The van der Waals surface area contributed by atoms with E-state index in [0.717, 1.165) is 39.8 Å². The summed E-state index contributed by atoms with van der Waals surface area (Å²) in [6, 6.07) is 19.5. The molecule has 0 aliphatic carbocycles. The van der Waals surface area contributed by atoms with Gasteiger partial charge >= 0.3 is 0 Å². The molecular formula is C23H23N3O2S. The van der Waals surface area contributed by atoms with E-state index in [2.05, 4.69) is 4.90 Å². The van der Waals surface area contributed by atoms with Crippen molar-refractivity contribution in [1.82, 2.24) is 14.3 Å². The average molecular weight is 406 g/mol. The maximum absolute atomic E-state index is 12.8. The number of benzene rings is 2. The van der Waals surface area contributed by atoms with Crippen molar-refractivity contribution in [2.24, 2.45) is 0 Å². The van der Waals surface area contributed by atoms with Crippen molar-refractivity contribution in [3.8, 4) is 17.0 Å². The van der Waals surface area contributed by atoms with Crippen molar-refractivity contribution in [1.29, 1.82) is 0 Å². The first kappa shape index (κ1) is 19.4. The quantitative estimate of drug-likeness (QED) is 0.461. The van der Waals surface area contributed by atoms with E-state index < -0.39 is 0 Å². The number of aromatic nitrogens is 2. The molecule has 0 N–H and O–H groups in total. The smallest absolute Gasteiger partial charge is 0.259 e. The van der Waals surface area contributed by atoms with Gasteiger partial charge in [0.25, 0.3) is 5.56 Å². The highest BCUT2D eigenvalue weighted by atomic mass is 32.1. The van der Waals surface area contributed by atoms with Gasteiger partial charge in [0.05, 0.1) is 11.4 Å². The van der Waals surface area contributed by atoms with Gasteiger partial charge in [-0.2, -0.15) is 0 Å². The summed E-state index contributed by atoms with van der Waals surface area (Å²) >= 11 is 1.49. The van der Waals surface area contributed by atoms with Crippen LogP contribution >= 0.6 is 11.3 Å². The molecule has 0 atom stereocenters. The number of thiazole rings is 1. The lowest BCUT2D eigenvalue weighted by molar-refractivity contribution is 0.230. The zero-order valence-electron chi connectivity index (χ0n) is 16.5. The lowest BCUT2D eigenvalue weighted by Crippen LogP contribution is -2.26. The number of nitrogens with zero attached hydrogens (tertiary/aromatic N) is 3. The number of hydrogen-bond acceptors (Lipinski definition) is 5. The van der Waals surface area contributed by atoms with Crippen LogP contribution in [0, 0.1) is 6.92 Å². The molecule has 148 valence electrons. The van der Waals surface area contributed by atoms with Crippen molar-refractivity contribution in [3.63, 3.8) is 0 Å². The molecule has 4 aromatic rings. The Hall–Kier alpha value is -2.96. The summed E-state index contributed by atoms with van der Waals surface area (Å²) in [4.78, 5) is 20.3. The van der Waals surface area contributed by atoms with Gasteiger partial charge in [0.1, 0.15) is 12.4 Å². The fourth-order valence-corrected chi connectivity index (χ4v) is 4.16. The van der Waals surface area contributed by atoms with Crippen molar-refractivity contribution in [3.05, 3.63) is 87.7 Å². The summed E-state index contributed by atoms with van der Waals surface area (Å²) in [7, 11) is 2.01. The highest BCUT2D eigenvalue weighted by Gasteiger charge is 2.12. The number of hydrogen-bond donors (Lipinski definition) is 0. The van der Waals surface area contributed by atoms with E-state index in [1.54, 1.807) is 10.5 Å². The molecule has 0 spiro atoms. The van der Waals surface area contributed by atoms with E-state index in [0.29, 0.717) is 13.2 Å². The Morgan fingerprint density at radius 2 is 1.86 bits per heavy atom. The Balaban J connectivity index is 1.44. The fraction of sp³-hybridized carbons (Fsp3) is 0.217. The molecule has 0 bridgehead atoms. The summed E-state index contributed by atoms with van der Waals surface area (Å²) in [5.41, 5.74) is 3.75. The SMILES string of the molecule is Cc1ccccc1OCCN(C)Cc1cc(=O)n2c(-c3ccccc3)csc2n1. The summed E-state index contributed by atoms with van der Waals surface area (Å²) in [6.07, 6.45) is 0. The topological polar surface area (TPSA) is 46.8 Å². The molecule has 0 saturated heterocycles. The van der Waals surface area contributed by atoms with Crippen LogP contribution in [0.3, 0.4) is 0 Å². The highest BCUT2D eigenvalue weighted by molar-refractivity contribution is 7.15. The molecule has 2 aromatic heterocycles. The molecule has 0 amide bonds. The van der Waals surface area contributed by atoms with Crippen LogP contribution in [0.15, 0.2) is 70.8 Å². The van der Waals surface area contributed by atoms with Crippen LogP contribution in [-0.4, -0.2) is 34.5 Å². The molecule has 0 aliphatic rings. The van der Waals surface area contributed by atoms with Crippen LogP contribution in [0.4, 0.5) is 0 Å². The minimum absolute atomic E-state index is 0.0466. The Kier molecular flexibility index (Phi) is 5.74. The van der Waals surface area contributed by atoms with Gasteiger partial charge in [0, 0.05) is 24.5 Å². The first-order valence-corrected chi connectivity index (χ1v) is 10.4. The van der Waals surface area contributed by atoms with Crippen LogP contribution in [-0.2, 0) is 6.54 Å². The maximum atomic E-state index is 12.8. The van der Waals surface area contributed by atoms with E-state index >= 15 is 0 Å². The third-order valence-electron chi connectivity index (χ3n) is 4.78. The van der Waals surface area contributed by atoms with Crippen LogP contribution in [0.25, 0.3) is 16.2 Å². The second-order valence-electron chi connectivity index (χ2n) is 7.04.